The first kappa shape index (κ1) is 54.8. The number of rotatable bonds is 9. The van der Waals surface area contributed by atoms with Crippen molar-refractivity contribution in [3.05, 3.63) is 82.9 Å². The van der Waals surface area contributed by atoms with Gasteiger partial charge in [-0.3, -0.25) is 19.3 Å². The number of Topliss-reactive ketones (excluding diaryl/α,β-unsaturated/α-hetero) is 1. The highest BCUT2D eigenvalue weighted by atomic mass is 35.6. The van der Waals surface area contributed by atoms with Crippen LogP contribution in [0.5, 0.6) is 0 Å². The van der Waals surface area contributed by atoms with Gasteiger partial charge in [-0.05, 0) is 77.3 Å². The number of halogens is 3. The summed E-state index contributed by atoms with van der Waals surface area (Å²) in [5.74, 6) is -6.47. The van der Waals surface area contributed by atoms with Gasteiger partial charge in [-0.2, -0.15) is 0 Å². The maximum absolute atomic E-state index is 16.2. The van der Waals surface area contributed by atoms with Gasteiger partial charge in [-0.1, -0.05) is 97.2 Å². The molecular weight excluding hydrogens is 1000 g/mol. The molecule has 392 valence electrons. The topological polar surface area (TPSA) is 226 Å². The molecule has 3 aliphatic carbocycles. The number of hydrogen-bond donors (Lipinski definition) is 1. The lowest BCUT2D eigenvalue weighted by atomic mass is 9.44. The second-order valence-electron chi connectivity index (χ2n) is 21.1. The molecule has 0 radical (unpaired) electrons. The van der Waals surface area contributed by atoms with Crippen LogP contribution in [0.25, 0.3) is 0 Å². The van der Waals surface area contributed by atoms with E-state index < -0.39 is 147 Å². The number of ketones is 1. The van der Waals surface area contributed by atoms with Crippen LogP contribution in [0, 0.1) is 16.7 Å². The van der Waals surface area contributed by atoms with E-state index in [4.69, 9.17) is 77.4 Å². The van der Waals surface area contributed by atoms with E-state index in [1.54, 1.807) is 97.0 Å². The largest absolute Gasteiger partial charge is 0.508 e. The van der Waals surface area contributed by atoms with Crippen molar-refractivity contribution in [3.8, 4) is 0 Å². The zero-order valence-electron chi connectivity index (χ0n) is 41.8. The Balaban J connectivity index is 1.44. The highest BCUT2D eigenvalue weighted by Gasteiger charge is 2.79. The molecule has 0 aromatic heterocycles. The van der Waals surface area contributed by atoms with Gasteiger partial charge in [-0.25, -0.2) is 19.2 Å². The zero-order chi connectivity index (χ0) is 53.3. The lowest BCUT2D eigenvalue weighted by molar-refractivity contribution is -0.346. The molecule has 11 atom stereocenters. The first-order valence-electron chi connectivity index (χ1n) is 23.4. The SMILES string of the molecule is CC(=O)O[C@H]1C(=O)[C@@]2(C)C(C(OC(=O)c3ccccc3)[C@]3(O)C[C@H](OC(=O)[C@@H]4OC(C)(C)N(C(=O)OC(C)(C)C)[C@H]4c4ccccc4)C(C)=C1C3(C)C)[C@]1(OC(C)=O)CO[C@@H]1C[C@@H]2OC(=O)OCC(Cl)(Cl)Cl. The van der Waals surface area contributed by atoms with Crippen molar-refractivity contribution in [2.24, 2.45) is 16.7 Å². The molecular formula is C51H60Cl3NO17. The summed E-state index contributed by atoms with van der Waals surface area (Å²) < 4.78 is 52.4. The van der Waals surface area contributed by atoms with Crippen LogP contribution in [0.4, 0.5) is 9.59 Å². The van der Waals surface area contributed by atoms with Gasteiger partial charge >= 0.3 is 36.1 Å². The molecule has 1 N–H and O–H groups in total. The Morgan fingerprint density at radius 1 is 0.847 bits per heavy atom. The maximum atomic E-state index is 16.2. The molecule has 2 saturated carbocycles. The van der Waals surface area contributed by atoms with Gasteiger partial charge in [0.1, 0.15) is 54.0 Å². The molecule has 7 rings (SSSR count). The number of nitrogens with zero attached hydrogens (tertiary/aromatic N) is 1. The van der Waals surface area contributed by atoms with Crippen molar-refractivity contribution < 1.29 is 81.3 Å². The quantitative estimate of drug-likeness (QED) is 0.109. The van der Waals surface area contributed by atoms with Gasteiger partial charge in [0, 0.05) is 32.1 Å². The Hall–Kier alpha value is -4.98. The van der Waals surface area contributed by atoms with E-state index in [0.29, 0.717) is 5.56 Å². The van der Waals surface area contributed by atoms with Crippen LogP contribution in [0.2, 0.25) is 0 Å². The fourth-order valence-electron chi connectivity index (χ4n) is 11.4. The molecule has 18 nitrogen and oxygen atoms in total. The Morgan fingerprint density at radius 2 is 1.46 bits per heavy atom. The third-order valence-electron chi connectivity index (χ3n) is 14.5. The Labute approximate surface area is 432 Å². The first-order chi connectivity index (χ1) is 33.3. The van der Waals surface area contributed by atoms with E-state index in [1.165, 1.54) is 30.9 Å². The molecule has 2 unspecified atom stereocenters. The predicted octanol–water partition coefficient (Wildman–Crippen LogP) is 7.85. The second kappa shape index (κ2) is 19.4. The summed E-state index contributed by atoms with van der Waals surface area (Å²) in [6.45, 7) is 15.2. The minimum atomic E-state index is -2.50. The van der Waals surface area contributed by atoms with Crippen LogP contribution in [-0.2, 0) is 61.8 Å². The third kappa shape index (κ3) is 9.91. The van der Waals surface area contributed by atoms with Crippen molar-refractivity contribution in [3.63, 3.8) is 0 Å². The third-order valence-corrected chi connectivity index (χ3v) is 14.9. The normalized spacial score (nSPS) is 32.5. The number of aliphatic hydroxyl groups is 1. The van der Waals surface area contributed by atoms with E-state index in [2.05, 4.69) is 0 Å². The molecule has 4 fully saturated rings. The number of alkyl halides is 3. The molecule has 21 heteroatoms. The highest BCUT2D eigenvalue weighted by Crippen LogP contribution is 2.65. The molecule has 2 aromatic carbocycles. The number of ether oxygens (including phenoxy) is 9. The van der Waals surface area contributed by atoms with Gasteiger partial charge < -0.3 is 47.7 Å². The number of amides is 1. The summed E-state index contributed by atoms with van der Waals surface area (Å²) in [7, 11) is 0. The highest BCUT2D eigenvalue weighted by molar-refractivity contribution is 6.67. The van der Waals surface area contributed by atoms with Gasteiger partial charge in [0.2, 0.25) is 3.79 Å². The summed E-state index contributed by atoms with van der Waals surface area (Å²) in [6, 6.07) is 15.2. The predicted molar refractivity (Wildman–Crippen MR) is 255 cm³/mol. The standard InChI is InChI=1S/C51H60Cl3NO17/c1-26-31(67-42(60)37-35(29-18-14-12-15-19-29)55(47(9,10)71-37)43(61)72-45(4,5)6)23-50(63)40(69-41(59)30-20-16-13-17-21-30)38-48(11,39(58)36(66-27(2)56)34(26)46(50,7)8)32(68-44(62)65-25-51(52,53)54)22-33-49(38,24-64-33)70-28(3)57/h12-21,31-33,35-38,40,63H,22-25H2,1-11H3/t31-,32-,33+,35-,36+,37+,38?,40?,48+,49-,50+/m0/s1. The number of hydrogen-bond acceptors (Lipinski definition) is 17. The number of benzene rings is 2. The van der Waals surface area contributed by atoms with Gasteiger partial charge in [-0.15, -0.1) is 0 Å². The number of carbonyl (C=O) groups excluding carboxylic acids is 7. The molecule has 2 bridgehead atoms. The molecule has 2 aromatic rings. The lowest BCUT2D eigenvalue weighted by Gasteiger charge is -2.67. The summed E-state index contributed by atoms with van der Waals surface area (Å²) in [5, 5.41) is 14.1. The van der Waals surface area contributed by atoms with E-state index in [-0.39, 0.29) is 23.1 Å². The van der Waals surface area contributed by atoms with Crippen molar-refractivity contribution in [1.29, 1.82) is 0 Å². The Morgan fingerprint density at radius 3 is 2.00 bits per heavy atom. The van der Waals surface area contributed by atoms with Crippen LogP contribution in [0.15, 0.2) is 71.8 Å². The Bertz CT molecular complexity index is 2520. The van der Waals surface area contributed by atoms with Gasteiger partial charge in [0.15, 0.2) is 23.6 Å². The van der Waals surface area contributed by atoms with E-state index in [1.807, 2.05) is 0 Å². The fourth-order valence-corrected chi connectivity index (χ4v) is 11.5. The van der Waals surface area contributed by atoms with E-state index in [9.17, 15) is 29.1 Å². The Kier molecular flexibility index (Phi) is 14.7. The van der Waals surface area contributed by atoms with Gasteiger partial charge in [0.05, 0.1) is 23.5 Å². The van der Waals surface area contributed by atoms with Crippen LogP contribution in [0.1, 0.15) is 111 Å². The first-order valence-corrected chi connectivity index (χ1v) is 24.5. The monoisotopic (exact) mass is 1060 g/mol. The average molecular weight is 1070 g/mol. The van der Waals surface area contributed by atoms with Crippen molar-refractivity contribution >= 4 is 76.7 Å². The number of esters is 4. The molecule has 2 heterocycles. The van der Waals surface area contributed by atoms with E-state index in [0.717, 1.165) is 13.8 Å². The van der Waals surface area contributed by atoms with Crippen LogP contribution in [0.3, 0.4) is 0 Å². The van der Waals surface area contributed by atoms with Crippen molar-refractivity contribution in [2.45, 2.75) is 158 Å². The summed E-state index contributed by atoms with van der Waals surface area (Å²) in [6.07, 6.45) is -12.9. The minimum Gasteiger partial charge on any atom is -0.456 e. The van der Waals surface area contributed by atoms with E-state index >= 15 is 9.59 Å². The summed E-state index contributed by atoms with van der Waals surface area (Å²) in [5.41, 5.74) is -10.2. The molecule has 5 aliphatic rings. The smallest absolute Gasteiger partial charge is 0.456 e. The van der Waals surface area contributed by atoms with Crippen LogP contribution in [-0.4, -0.2) is 128 Å². The summed E-state index contributed by atoms with van der Waals surface area (Å²) in [4.78, 5) is 101. The molecule has 2 aliphatic heterocycles. The zero-order valence-corrected chi connectivity index (χ0v) is 44.0. The number of fused-ring (bicyclic) bond motifs is 5. The molecule has 1 amide bonds. The molecule has 0 spiro atoms. The van der Waals surface area contributed by atoms with Gasteiger partial charge in [0.25, 0.3) is 0 Å². The number of carbonyl (C=O) groups is 7. The second-order valence-corrected chi connectivity index (χ2v) is 23.6. The maximum Gasteiger partial charge on any atom is 0.508 e. The molecule has 72 heavy (non-hydrogen) atoms. The van der Waals surface area contributed by atoms with Crippen LogP contribution >= 0.6 is 34.8 Å². The fraction of sp³-hybridized carbons (Fsp3) is 0.588. The lowest BCUT2D eigenvalue weighted by Crippen LogP contribution is -2.82. The average Bonchev–Trinajstić information content (AvgIpc) is 3.56. The summed E-state index contributed by atoms with van der Waals surface area (Å²) >= 11 is 17.7. The van der Waals surface area contributed by atoms with Crippen LogP contribution < -0.4 is 0 Å². The van der Waals surface area contributed by atoms with Crippen molar-refractivity contribution in [1.82, 2.24) is 4.90 Å². The molecule has 2 saturated heterocycles. The van der Waals surface area contributed by atoms with Crippen molar-refractivity contribution in [2.75, 3.05) is 13.2 Å². The minimum absolute atomic E-state index is 0.0156.